The first-order chi connectivity index (χ1) is 17.0. The van der Waals surface area contributed by atoms with Gasteiger partial charge in [0.25, 0.3) is 0 Å². The summed E-state index contributed by atoms with van der Waals surface area (Å²) in [5, 5.41) is 2.80. The fourth-order valence-electron chi connectivity index (χ4n) is 4.20. The van der Waals surface area contributed by atoms with Crippen molar-refractivity contribution >= 4 is 23.2 Å². The van der Waals surface area contributed by atoms with Crippen LogP contribution in [0.3, 0.4) is 0 Å². The van der Waals surface area contributed by atoms with E-state index in [1.807, 2.05) is 66.4 Å². The van der Waals surface area contributed by atoms with Gasteiger partial charge in [-0.1, -0.05) is 42.5 Å². The molecule has 4 rings (SSSR count). The largest absolute Gasteiger partial charge is 0.325 e. The Bertz CT molecular complexity index is 1130. The van der Waals surface area contributed by atoms with Crippen molar-refractivity contribution in [2.24, 2.45) is 0 Å². The molecule has 1 fully saturated rings. The maximum atomic E-state index is 13.4. The Labute approximate surface area is 206 Å². The Morgan fingerprint density at radius 2 is 1.51 bits per heavy atom. The Hall–Kier alpha value is -3.55. The highest BCUT2D eigenvalue weighted by atomic mass is 19.1. The molecule has 0 spiro atoms. The number of anilines is 2. The van der Waals surface area contributed by atoms with Gasteiger partial charge < -0.3 is 10.2 Å². The molecule has 0 atom stereocenters. The van der Waals surface area contributed by atoms with Crippen LogP contribution in [-0.2, 0) is 16.1 Å². The second-order valence-corrected chi connectivity index (χ2v) is 8.91. The van der Waals surface area contributed by atoms with Crippen molar-refractivity contribution < 1.29 is 14.0 Å². The van der Waals surface area contributed by atoms with E-state index in [9.17, 15) is 14.0 Å². The van der Waals surface area contributed by atoms with E-state index in [0.717, 1.165) is 16.8 Å². The van der Waals surface area contributed by atoms with Crippen molar-refractivity contribution in [2.75, 3.05) is 49.5 Å². The van der Waals surface area contributed by atoms with E-state index in [0.29, 0.717) is 45.0 Å². The number of hydrogen-bond donors (Lipinski definition) is 1. The monoisotopic (exact) mass is 474 g/mol. The van der Waals surface area contributed by atoms with Gasteiger partial charge in [-0.25, -0.2) is 4.39 Å². The second-order valence-electron chi connectivity index (χ2n) is 8.91. The number of nitrogens with zero attached hydrogens (tertiary/aromatic N) is 3. The Morgan fingerprint density at radius 3 is 2.17 bits per heavy atom. The van der Waals surface area contributed by atoms with Gasteiger partial charge in [0, 0.05) is 37.6 Å². The highest BCUT2D eigenvalue weighted by Gasteiger charge is 2.24. The van der Waals surface area contributed by atoms with Crippen molar-refractivity contribution in [1.82, 2.24) is 9.80 Å². The van der Waals surface area contributed by atoms with Gasteiger partial charge in [-0.05, 0) is 54.4 Å². The summed E-state index contributed by atoms with van der Waals surface area (Å²) in [6.45, 7) is 5.97. The van der Waals surface area contributed by atoms with Crippen LogP contribution in [0.5, 0.6) is 0 Å². The molecule has 1 aliphatic heterocycles. The molecule has 3 aromatic rings. The number of halogens is 1. The summed E-state index contributed by atoms with van der Waals surface area (Å²) in [5.74, 6) is -0.407. The van der Waals surface area contributed by atoms with Gasteiger partial charge in [0.1, 0.15) is 5.82 Å². The molecule has 0 unspecified atom stereocenters. The van der Waals surface area contributed by atoms with Crippen LogP contribution in [0.15, 0.2) is 78.9 Å². The minimum Gasteiger partial charge on any atom is -0.325 e. The van der Waals surface area contributed by atoms with Crippen LogP contribution < -0.4 is 10.2 Å². The molecule has 35 heavy (non-hydrogen) atoms. The van der Waals surface area contributed by atoms with E-state index in [4.69, 9.17) is 0 Å². The number of piperazine rings is 1. The summed E-state index contributed by atoms with van der Waals surface area (Å²) in [6, 6.07) is 23.8. The summed E-state index contributed by atoms with van der Waals surface area (Å²) < 4.78 is 13.0. The first-order valence-corrected chi connectivity index (χ1v) is 11.9. The Balaban J connectivity index is 1.31. The standard InChI is InChI=1S/C28H31FN4O2/c1-22-6-5-9-26(18-22)33(19-23-7-3-2-4-8-23)28(35)21-32-16-14-31(15-17-32)20-27(34)30-25-12-10-24(29)11-13-25/h2-13,18H,14-17,19-21H2,1H3,(H,30,34). The minimum atomic E-state index is -0.335. The van der Waals surface area contributed by atoms with Gasteiger partial charge in [0.2, 0.25) is 11.8 Å². The third-order valence-electron chi connectivity index (χ3n) is 6.12. The lowest BCUT2D eigenvalue weighted by atomic mass is 10.1. The maximum absolute atomic E-state index is 13.4. The number of benzene rings is 3. The van der Waals surface area contributed by atoms with Gasteiger partial charge >= 0.3 is 0 Å². The van der Waals surface area contributed by atoms with E-state index >= 15 is 0 Å². The van der Waals surface area contributed by atoms with Crippen molar-refractivity contribution in [3.8, 4) is 0 Å². The molecule has 0 aliphatic carbocycles. The molecule has 182 valence electrons. The highest BCUT2D eigenvalue weighted by Crippen LogP contribution is 2.20. The molecule has 1 saturated heterocycles. The van der Waals surface area contributed by atoms with Crippen LogP contribution >= 0.6 is 0 Å². The molecular formula is C28H31FN4O2. The maximum Gasteiger partial charge on any atom is 0.241 e. The summed E-state index contributed by atoms with van der Waals surface area (Å²) in [4.78, 5) is 31.8. The lowest BCUT2D eigenvalue weighted by Crippen LogP contribution is -2.51. The number of hydrogen-bond acceptors (Lipinski definition) is 4. The zero-order chi connectivity index (χ0) is 24.6. The van der Waals surface area contributed by atoms with Crippen LogP contribution in [0.2, 0.25) is 0 Å². The molecular weight excluding hydrogens is 443 g/mol. The van der Waals surface area contributed by atoms with Gasteiger partial charge in [0.05, 0.1) is 19.6 Å². The lowest BCUT2D eigenvalue weighted by molar-refractivity contribution is -0.121. The molecule has 1 heterocycles. The first-order valence-electron chi connectivity index (χ1n) is 11.9. The number of carbonyl (C=O) groups is 2. The topological polar surface area (TPSA) is 55.9 Å². The Morgan fingerprint density at radius 1 is 0.857 bits per heavy atom. The van der Waals surface area contributed by atoms with Gasteiger partial charge in [0.15, 0.2) is 0 Å². The normalized spacial score (nSPS) is 14.5. The number of amides is 2. The molecule has 2 amide bonds. The van der Waals surface area contributed by atoms with Crippen LogP contribution in [-0.4, -0.2) is 60.9 Å². The number of carbonyl (C=O) groups excluding carboxylic acids is 2. The summed E-state index contributed by atoms with van der Waals surface area (Å²) >= 11 is 0. The van der Waals surface area contributed by atoms with Crippen LogP contribution in [0, 0.1) is 12.7 Å². The minimum absolute atomic E-state index is 0.0574. The van der Waals surface area contributed by atoms with Gasteiger partial charge in [-0.3, -0.25) is 19.4 Å². The van der Waals surface area contributed by atoms with Gasteiger partial charge in [-0.2, -0.15) is 0 Å². The van der Waals surface area contributed by atoms with Crippen molar-refractivity contribution in [3.63, 3.8) is 0 Å². The zero-order valence-electron chi connectivity index (χ0n) is 20.0. The van der Waals surface area contributed by atoms with Crippen molar-refractivity contribution in [2.45, 2.75) is 13.5 Å². The molecule has 7 heteroatoms. The summed E-state index contributed by atoms with van der Waals surface area (Å²) in [5.41, 5.74) is 3.67. The predicted molar refractivity (Wildman–Crippen MR) is 137 cm³/mol. The van der Waals surface area contributed by atoms with Crippen LogP contribution in [0.4, 0.5) is 15.8 Å². The predicted octanol–water partition coefficient (Wildman–Crippen LogP) is 3.92. The fourth-order valence-corrected chi connectivity index (χ4v) is 4.20. The zero-order valence-corrected chi connectivity index (χ0v) is 20.0. The molecule has 6 nitrogen and oxygen atoms in total. The van der Waals surface area contributed by atoms with E-state index in [2.05, 4.69) is 15.1 Å². The average molecular weight is 475 g/mol. The SMILES string of the molecule is Cc1cccc(N(Cc2ccccc2)C(=O)CN2CCN(CC(=O)Nc3ccc(F)cc3)CC2)c1. The first kappa shape index (κ1) is 24.6. The number of nitrogens with one attached hydrogen (secondary N) is 1. The summed E-state index contributed by atoms with van der Waals surface area (Å²) in [6.07, 6.45) is 0. The quantitative estimate of drug-likeness (QED) is 0.538. The molecule has 3 aromatic carbocycles. The van der Waals surface area contributed by atoms with Gasteiger partial charge in [-0.15, -0.1) is 0 Å². The van der Waals surface area contributed by atoms with Crippen LogP contribution in [0.1, 0.15) is 11.1 Å². The number of rotatable bonds is 8. The molecule has 0 aromatic heterocycles. The Kier molecular flexibility index (Phi) is 8.23. The average Bonchev–Trinajstić information content (AvgIpc) is 2.86. The molecule has 1 N–H and O–H groups in total. The summed E-state index contributed by atoms with van der Waals surface area (Å²) in [7, 11) is 0. The van der Waals surface area contributed by atoms with E-state index in [1.165, 1.54) is 12.1 Å². The molecule has 1 aliphatic rings. The third kappa shape index (κ3) is 7.21. The third-order valence-corrected chi connectivity index (χ3v) is 6.12. The lowest BCUT2D eigenvalue weighted by Gasteiger charge is -2.35. The van der Waals surface area contributed by atoms with Crippen molar-refractivity contribution in [3.05, 3.63) is 95.8 Å². The molecule has 0 saturated carbocycles. The highest BCUT2D eigenvalue weighted by molar-refractivity contribution is 5.95. The number of aryl methyl sites for hydroxylation is 1. The van der Waals surface area contributed by atoms with E-state index in [1.54, 1.807) is 12.1 Å². The van der Waals surface area contributed by atoms with Crippen LogP contribution in [0.25, 0.3) is 0 Å². The fraction of sp³-hybridized carbons (Fsp3) is 0.286. The molecule has 0 radical (unpaired) electrons. The van der Waals surface area contributed by atoms with E-state index in [-0.39, 0.29) is 24.2 Å². The molecule has 0 bridgehead atoms. The van der Waals surface area contributed by atoms with Crippen molar-refractivity contribution in [1.29, 1.82) is 0 Å². The van der Waals surface area contributed by atoms with E-state index < -0.39 is 0 Å². The second kappa shape index (κ2) is 11.7. The smallest absolute Gasteiger partial charge is 0.241 e.